The van der Waals surface area contributed by atoms with Gasteiger partial charge in [0.25, 0.3) is 11.8 Å². The van der Waals surface area contributed by atoms with E-state index in [0.29, 0.717) is 78.1 Å². The van der Waals surface area contributed by atoms with Gasteiger partial charge in [0.2, 0.25) is 29.5 Å². The van der Waals surface area contributed by atoms with Crippen molar-refractivity contribution in [2.24, 2.45) is 9.98 Å². The van der Waals surface area contributed by atoms with Gasteiger partial charge in [0.05, 0.1) is 49.3 Å². The van der Waals surface area contributed by atoms with Crippen LogP contribution >= 0.6 is 0 Å². The molecule has 4 N–H and O–H groups in total. The lowest BCUT2D eigenvalue weighted by Gasteiger charge is -2.22. The van der Waals surface area contributed by atoms with Gasteiger partial charge < -0.3 is 50.0 Å². The van der Waals surface area contributed by atoms with E-state index < -0.39 is 30.3 Å². The molecule has 2 unspecified atom stereocenters. The molecule has 21 nitrogen and oxygen atoms in total. The van der Waals surface area contributed by atoms with Gasteiger partial charge in [-0.25, -0.2) is 0 Å². The van der Waals surface area contributed by atoms with Crippen molar-refractivity contribution in [3.05, 3.63) is 137 Å². The molecule has 0 saturated heterocycles. The second-order valence-corrected chi connectivity index (χ2v) is 19.4. The van der Waals surface area contributed by atoms with Crippen molar-refractivity contribution in [2.75, 3.05) is 62.6 Å². The summed E-state index contributed by atoms with van der Waals surface area (Å²) in [6.07, 6.45) is 6.83. The maximum absolute atomic E-state index is 14.1. The van der Waals surface area contributed by atoms with Crippen molar-refractivity contribution in [3.8, 4) is 23.0 Å². The van der Waals surface area contributed by atoms with Crippen molar-refractivity contribution in [1.29, 1.82) is 0 Å². The van der Waals surface area contributed by atoms with Crippen molar-refractivity contribution in [2.45, 2.75) is 70.7 Å². The fourth-order valence-corrected chi connectivity index (χ4v) is 9.59. The fourth-order valence-electron chi connectivity index (χ4n) is 9.59. The summed E-state index contributed by atoms with van der Waals surface area (Å²) in [6.45, 7) is 5.67. The van der Waals surface area contributed by atoms with E-state index in [4.69, 9.17) is 23.9 Å². The molecule has 0 aromatic heterocycles. The topological polar surface area (TPSA) is 256 Å². The van der Waals surface area contributed by atoms with Crippen LogP contribution in [-0.2, 0) is 54.8 Å². The minimum atomic E-state index is -1.06. The zero-order valence-electron chi connectivity index (χ0n) is 45.5. The number of allylic oxidation sites excluding steroid dienone is 1. The number of rotatable bonds is 25. The zero-order chi connectivity index (χ0) is 57.6. The quantitative estimate of drug-likeness (QED) is 0.0223. The number of hydrogen-bond acceptors (Lipinski definition) is 14. The van der Waals surface area contributed by atoms with Crippen LogP contribution in [0.1, 0.15) is 75.6 Å². The van der Waals surface area contributed by atoms with E-state index in [0.717, 1.165) is 34.7 Å². The number of unbranched alkanes of at least 4 members (excludes halogenated alkanes) is 1. The average molecular weight is 1100 g/mol. The summed E-state index contributed by atoms with van der Waals surface area (Å²) in [6, 6.07) is 25.8. The molecular formula is C60H63N9O12. The molecule has 5 aromatic carbocycles. The number of methoxy groups -OCH3 is 2. The smallest absolute Gasteiger partial charge is 0.261 e. The molecule has 7 amide bonds. The van der Waals surface area contributed by atoms with Crippen molar-refractivity contribution < 1.29 is 57.3 Å². The third-order valence-electron chi connectivity index (χ3n) is 13.8. The van der Waals surface area contributed by atoms with E-state index in [2.05, 4.69) is 33.0 Å². The predicted molar refractivity (Wildman–Crippen MR) is 305 cm³/mol. The summed E-state index contributed by atoms with van der Waals surface area (Å²) in [7, 11) is 4.48. The second kappa shape index (κ2) is 26.8. The van der Waals surface area contributed by atoms with Gasteiger partial charge in [0.15, 0.2) is 23.0 Å². The first-order valence-electron chi connectivity index (χ1n) is 26.3. The monoisotopic (exact) mass is 1100 g/mol. The molecular weight excluding hydrogens is 1040 g/mol. The number of ether oxygens (including phenoxy) is 4. The number of aldehydes is 1. The van der Waals surface area contributed by atoms with E-state index in [1.54, 1.807) is 59.5 Å². The molecule has 8 rings (SSSR count). The number of anilines is 3. The number of fused-ring (bicyclic) bond motifs is 5. The van der Waals surface area contributed by atoms with E-state index in [1.165, 1.54) is 26.0 Å². The second-order valence-electron chi connectivity index (χ2n) is 19.4. The molecule has 21 heteroatoms. The fraction of sp³-hybridized carbons (Fsp3) is 0.300. The average Bonchev–Trinajstić information content (AvgIpc) is 4.16. The van der Waals surface area contributed by atoms with E-state index >= 15 is 0 Å². The number of carbonyl (C=O) groups is 8. The Kier molecular flexibility index (Phi) is 19.0. The number of hydrogen-bond donors (Lipinski definition) is 4. The lowest BCUT2D eigenvalue weighted by Crippen LogP contribution is -2.45. The van der Waals surface area contributed by atoms with Gasteiger partial charge in [0.1, 0.15) is 25.5 Å². The Labute approximate surface area is 468 Å². The molecule has 0 bridgehead atoms. The molecule has 0 saturated carbocycles. The molecule has 2 atom stereocenters. The molecule has 3 aliphatic heterocycles. The van der Waals surface area contributed by atoms with Gasteiger partial charge in [-0.1, -0.05) is 36.4 Å². The number of aliphatic imine (C=N–C) groups is 2. The number of carbonyl (C=O) groups excluding carboxylic acids is 8. The summed E-state index contributed by atoms with van der Waals surface area (Å²) < 4.78 is 24.2. The minimum Gasteiger partial charge on any atom is -0.493 e. The van der Waals surface area contributed by atoms with Crippen LogP contribution in [0.15, 0.2) is 113 Å². The van der Waals surface area contributed by atoms with Crippen molar-refractivity contribution >= 4 is 89.0 Å². The summed E-state index contributed by atoms with van der Waals surface area (Å²) >= 11 is 0. The van der Waals surface area contributed by atoms with Crippen LogP contribution in [0.25, 0.3) is 0 Å². The predicted octanol–water partition coefficient (Wildman–Crippen LogP) is 6.13. The lowest BCUT2D eigenvalue weighted by molar-refractivity contribution is -0.128. The Bertz CT molecular complexity index is 3320. The van der Waals surface area contributed by atoms with Crippen LogP contribution in [-0.4, -0.2) is 125 Å². The minimum absolute atomic E-state index is 0.0563. The molecule has 420 valence electrons. The maximum Gasteiger partial charge on any atom is 0.261 e. The molecule has 81 heavy (non-hydrogen) atoms. The Morgan fingerprint density at radius 2 is 1.47 bits per heavy atom. The third-order valence-corrected chi connectivity index (χ3v) is 13.8. The maximum atomic E-state index is 14.1. The Morgan fingerprint density at radius 1 is 0.815 bits per heavy atom. The van der Waals surface area contributed by atoms with Crippen molar-refractivity contribution in [1.82, 2.24) is 20.9 Å². The number of amides is 7. The molecule has 0 spiro atoms. The summed E-state index contributed by atoms with van der Waals surface area (Å²) in [5.74, 6) is -1.56. The van der Waals surface area contributed by atoms with Crippen LogP contribution in [0.5, 0.6) is 23.0 Å². The standard InChI is InChI=1S/C60H63N9O12/c1-37(65-56(73)34-64-55(72)18-11-10-17-54(71)62-21-23-67(3)57(74)19-12-24-70)58(75)66-42-26-38(35-80-52-31-46(61-2)44(29-50(52)78-4)59(76)68-22-20-40-13-6-8-15-48(40)68)25-39(27-42)36-81-53-32-47-45(30-51(53)79-5)60(77)69-43(33-63-47)28-41-14-7-9-16-49(41)69/h6-9,12-16,19,24-27,29-33,37,43H,2,10-11,17-18,20-23,28,34-36H2,1,3-5H3,(H,62,71)(H,64,72)(H,65,73)(H,66,75)/b19-12-. The first-order valence-corrected chi connectivity index (χ1v) is 26.3. The van der Waals surface area contributed by atoms with E-state index in [1.807, 2.05) is 54.6 Å². The Morgan fingerprint density at radius 3 is 2.16 bits per heavy atom. The van der Waals surface area contributed by atoms with E-state index in [-0.39, 0.29) is 91.6 Å². The molecule has 0 radical (unpaired) electrons. The third kappa shape index (κ3) is 14.2. The van der Waals surface area contributed by atoms with Crippen LogP contribution in [0.2, 0.25) is 0 Å². The summed E-state index contributed by atoms with van der Waals surface area (Å²) in [5, 5.41) is 10.7. The van der Waals surface area contributed by atoms with Crippen molar-refractivity contribution in [3.63, 3.8) is 0 Å². The number of nitrogens with one attached hydrogen (secondary N) is 4. The van der Waals surface area contributed by atoms with Crippen LogP contribution in [0, 0.1) is 0 Å². The number of likely N-dealkylation sites (N-methyl/N-ethyl adjacent to an activating group) is 1. The van der Waals surface area contributed by atoms with Gasteiger partial charge in [-0.15, -0.1) is 0 Å². The first-order chi connectivity index (χ1) is 39.2. The molecule has 3 heterocycles. The largest absolute Gasteiger partial charge is 0.493 e. The Hall–Kier alpha value is -9.66. The number of benzene rings is 5. The highest BCUT2D eigenvalue weighted by Crippen LogP contribution is 2.42. The summed E-state index contributed by atoms with van der Waals surface area (Å²) in [4.78, 5) is 116. The Balaban J connectivity index is 0.921. The highest BCUT2D eigenvalue weighted by molar-refractivity contribution is 6.15. The van der Waals surface area contributed by atoms with Crippen LogP contribution in [0.4, 0.5) is 28.4 Å². The molecule has 3 aliphatic rings. The van der Waals surface area contributed by atoms with E-state index in [9.17, 15) is 38.4 Å². The number of nitrogens with zero attached hydrogens (tertiary/aromatic N) is 5. The van der Waals surface area contributed by atoms with Gasteiger partial charge in [0, 0.05) is 87.4 Å². The molecule has 5 aromatic rings. The number of para-hydroxylation sites is 2. The van der Waals surface area contributed by atoms with Gasteiger partial charge in [-0.05, 0) is 104 Å². The lowest BCUT2D eigenvalue weighted by atomic mass is 10.1. The first kappa shape index (κ1) is 57.5. The normalized spacial score (nSPS) is 14.1. The highest BCUT2D eigenvalue weighted by atomic mass is 16.5. The van der Waals surface area contributed by atoms with Gasteiger partial charge >= 0.3 is 0 Å². The zero-order valence-corrected chi connectivity index (χ0v) is 45.5. The van der Waals surface area contributed by atoms with Gasteiger partial charge in [-0.3, -0.25) is 53.2 Å². The molecule has 0 fully saturated rings. The highest BCUT2D eigenvalue weighted by Gasteiger charge is 2.37. The van der Waals surface area contributed by atoms with Crippen LogP contribution < -0.4 is 50.0 Å². The van der Waals surface area contributed by atoms with Crippen LogP contribution in [0.3, 0.4) is 0 Å². The SMILES string of the molecule is C=Nc1cc(OCc2cc(COc3cc4c(cc3OC)C(=O)N3c5ccccc5CC3C=N4)cc(NC(=O)C(C)NC(=O)CNC(=O)CCCCC(=O)NCCN(C)C(=O)/C=C\C=O)c2)c(OC)cc1C(=O)N1CCc2ccccc21. The summed E-state index contributed by atoms with van der Waals surface area (Å²) in [5.41, 5.74) is 6.58. The molecule has 0 aliphatic carbocycles. The van der Waals surface area contributed by atoms with Gasteiger partial charge in [-0.2, -0.15) is 0 Å².